The zero-order valence-electron chi connectivity index (χ0n) is 18.9. The van der Waals surface area contributed by atoms with Crippen molar-refractivity contribution in [1.29, 1.82) is 5.26 Å². The SMILES string of the molecule is Cc1nc2c(ccn2[C@@H]2O[C@H](COP(=O)(O)CP(=O)(O)O)[C@@H](O)[C@H]2O)c(NC2CCCC2)c1C#N. The van der Waals surface area contributed by atoms with E-state index in [-0.39, 0.29) is 6.04 Å². The highest BCUT2D eigenvalue weighted by Crippen LogP contribution is 2.55. The molecule has 0 bridgehead atoms. The highest BCUT2D eigenvalue weighted by molar-refractivity contribution is 7.70. The molecule has 1 saturated carbocycles. The lowest BCUT2D eigenvalue weighted by atomic mass is 10.1. The van der Waals surface area contributed by atoms with Crippen LogP contribution in [-0.2, 0) is 18.4 Å². The number of rotatable bonds is 8. The fourth-order valence-corrected chi connectivity index (χ4v) is 7.18. The molecule has 13 nitrogen and oxygen atoms in total. The largest absolute Gasteiger partial charge is 0.387 e. The minimum atomic E-state index is -4.81. The number of fused-ring (bicyclic) bond motifs is 1. The van der Waals surface area contributed by atoms with Crippen molar-refractivity contribution in [1.82, 2.24) is 9.55 Å². The summed E-state index contributed by atoms with van der Waals surface area (Å²) in [7, 11) is -9.48. The van der Waals surface area contributed by atoms with Crippen LogP contribution in [0.25, 0.3) is 11.0 Å². The Kier molecular flexibility index (Phi) is 7.42. The molecule has 2 fully saturated rings. The number of aliphatic hydroxyl groups is 2. The molecule has 192 valence electrons. The first-order valence-corrected chi connectivity index (χ1v) is 14.7. The first-order valence-electron chi connectivity index (χ1n) is 11.1. The van der Waals surface area contributed by atoms with Gasteiger partial charge in [0.15, 0.2) is 12.1 Å². The van der Waals surface area contributed by atoms with Gasteiger partial charge in [0.25, 0.3) is 0 Å². The Balaban J connectivity index is 1.59. The Morgan fingerprint density at radius 3 is 2.57 bits per heavy atom. The van der Waals surface area contributed by atoms with Gasteiger partial charge < -0.3 is 44.0 Å². The van der Waals surface area contributed by atoms with Crippen LogP contribution in [0.15, 0.2) is 12.3 Å². The van der Waals surface area contributed by atoms with Gasteiger partial charge in [0.05, 0.1) is 23.6 Å². The summed E-state index contributed by atoms with van der Waals surface area (Å²) in [5.41, 5.74) is 1.96. The summed E-state index contributed by atoms with van der Waals surface area (Å²) in [6, 6.07) is 4.16. The van der Waals surface area contributed by atoms with E-state index in [0.717, 1.165) is 25.7 Å². The fraction of sp³-hybridized carbons (Fsp3) is 0.600. The van der Waals surface area contributed by atoms with Gasteiger partial charge in [-0.25, -0.2) is 4.98 Å². The van der Waals surface area contributed by atoms with E-state index in [2.05, 4.69) is 16.4 Å². The van der Waals surface area contributed by atoms with Crippen LogP contribution in [0.4, 0.5) is 5.69 Å². The Labute approximate surface area is 201 Å². The zero-order chi connectivity index (χ0) is 25.5. The smallest absolute Gasteiger partial charge is 0.340 e. The second-order valence-electron chi connectivity index (χ2n) is 8.93. The first kappa shape index (κ1) is 26.2. The molecule has 1 saturated heterocycles. The van der Waals surface area contributed by atoms with Crippen molar-refractivity contribution in [2.45, 2.75) is 63.2 Å². The summed E-state index contributed by atoms with van der Waals surface area (Å²) in [6.07, 6.45) is 0.444. The normalized spacial score (nSPS) is 27.2. The van der Waals surface area contributed by atoms with Gasteiger partial charge in [0.1, 0.15) is 30.0 Å². The molecule has 1 aliphatic heterocycles. The van der Waals surface area contributed by atoms with Crippen LogP contribution in [-0.4, -0.2) is 71.3 Å². The summed E-state index contributed by atoms with van der Waals surface area (Å²) in [5, 5.41) is 34.9. The van der Waals surface area contributed by atoms with Crippen LogP contribution in [0.1, 0.15) is 43.2 Å². The molecule has 3 heterocycles. The van der Waals surface area contributed by atoms with E-state index in [1.807, 2.05) is 0 Å². The maximum Gasteiger partial charge on any atom is 0.340 e. The first-order chi connectivity index (χ1) is 16.4. The second kappa shape index (κ2) is 9.90. The van der Waals surface area contributed by atoms with Crippen LogP contribution in [0.5, 0.6) is 0 Å². The van der Waals surface area contributed by atoms with Crippen molar-refractivity contribution in [3.63, 3.8) is 0 Å². The van der Waals surface area contributed by atoms with Crippen molar-refractivity contribution in [2.75, 3.05) is 17.8 Å². The minimum absolute atomic E-state index is 0.231. The van der Waals surface area contributed by atoms with E-state index >= 15 is 0 Å². The van der Waals surface area contributed by atoms with Gasteiger partial charge in [-0.3, -0.25) is 9.13 Å². The van der Waals surface area contributed by atoms with E-state index in [1.165, 1.54) is 4.57 Å². The predicted molar refractivity (Wildman–Crippen MR) is 124 cm³/mol. The molecule has 2 aliphatic rings. The number of anilines is 1. The summed E-state index contributed by atoms with van der Waals surface area (Å²) < 4.78 is 34.9. The molecule has 15 heteroatoms. The lowest BCUT2D eigenvalue weighted by Gasteiger charge is -2.20. The maximum atomic E-state index is 11.9. The lowest BCUT2D eigenvalue weighted by molar-refractivity contribution is -0.0481. The number of aliphatic hydroxyl groups excluding tert-OH is 2. The van der Waals surface area contributed by atoms with Crippen molar-refractivity contribution >= 4 is 31.9 Å². The number of ether oxygens (including phenoxy) is 1. The van der Waals surface area contributed by atoms with Crippen molar-refractivity contribution in [3.8, 4) is 6.07 Å². The third kappa shape index (κ3) is 5.62. The van der Waals surface area contributed by atoms with Crippen LogP contribution in [0.3, 0.4) is 0 Å². The number of nitrogens with zero attached hydrogens (tertiary/aromatic N) is 3. The summed E-state index contributed by atoms with van der Waals surface area (Å²) in [4.78, 5) is 32.0. The predicted octanol–water partition coefficient (Wildman–Crippen LogP) is 1.53. The van der Waals surface area contributed by atoms with Crippen molar-refractivity contribution < 1.29 is 43.3 Å². The number of pyridine rings is 1. The third-order valence-corrected chi connectivity index (χ3v) is 9.73. The van der Waals surface area contributed by atoms with Crippen LogP contribution in [0, 0.1) is 18.3 Å². The van der Waals surface area contributed by atoms with Gasteiger partial charge in [-0.05, 0) is 25.8 Å². The highest BCUT2D eigenvalue weighted by Gasteiger charge is 2.45. The van der Waals surface area contributed by atoms with Gasteiger partial charge in [-0.15, -0.1) is 0 Å². The third-order valence-electron chi connectivity index (χ3n) is 6.27. The van der Waals surface area contributed by atoms with E-state index in [4.69, 9.17) is 19.0 Å². The lowest BCUT2D eigenvalue weighted by Crippen LogP contribution is -2.33. The van der Waals surface area contributed by atoms with Gasteiger partial charge in [0, 0.05) is 17.6 Å². The fourth-order valence-electron chi connectivity index (χ4n) is 4.61. The number of nitrogens with one attached hydrogen (secondary N) is 1. The van der Waals surface area contributed by atoms with Gasteiger partial charge in [-0.1, -0.05) is 12.8 Å². The standard InChI is InChI=1S/C20H28N4O9P2/c1-11-14(8-21)16(23-12-4-2-3-5-12)13-6-7-24(19(13)22-11)20-18(26)17(25)15(33-20)9-32-35(30,31)10-34(27,28)29/h6-7,12,15,17-18,20,25-26H,2-5,9-10H2,1H3,(H,22,23)(H,30,31)(H2,27,28,29)/t15-,17-,18-,20-/m1/s1. The summed E-state index contributed by atoms with van der Waals surface area (Å²) in [5.74, 6) is -1.38. The van der Waals surface area contributed by atoms with Crippen LogP contribution in [0.2, 0.25) is 0 Å². The number of hydrogen-bond donors (Lipinski definition) is 6. The molecule has 0 radical (unpaired) electrons. The molecule has 0 aromatic carbocycles. The van der Waals surface area contributed by atoms with Gasteiger partial charge in [0.2, 0.25) is 0 Å². The second-order valence-corrected chi connectivity index (χ2v) is 12.9. The molecule has 1 aliphatic carbocycles. The molecule has 4 rings (SSSR count). The summed E-state index contributed by atoms with van der Waals surface area (Å²) >= 11 is 0. The maximum absolute atomic E-state index is 11.9. The van der Waals surface area contributed by atoms with Gasteiger partial charge >= 0.3 is 15.2 Å². The summed E-state index contributed by atoms with van der Waals surface area (Å²) in [6.45, 7) is 1.02. The van der Waals surface area contributed by atoms with E-state index in [1.54, 1.807) is 19.2 Å². The number of aromatic nitrogens is 2. The molecule has 1 unspecified atom stereocenters. The molecule has 35 heavy (non-hydrogen) atoms. The number of nitriles is 1. The molecular formula is C20H28N4O9P2. The molecule has 6 N–H and O–H groups in total. The molecule has 5 atom stereocenters. The van der Waals surface area contributed by atoms with E-state index in [9.17, 15) is 29.5 Å². The average Bonchev–Trinajstić information content (AvgIpc) is 3.46. The zero-order valence-corrected chi connectivity index (χ0v) is 20.7. The average molecular weight is 530 g/mol. The molecule has 2 aromatic heterocycles. The number of aryl methyl sites for hydroxylation is 1. The molecule has 2 aromatic rings. The van der Waals surface area contributed by atoms with Gasteiger partial charge in [-0.2, -0.15) is 5.26 Å². The van der Waals surface area contributed by atoms with Crippen molar-refractivity contribution in [2.24, 2.45) is 0 Å². The topological polar surface area (TPSA) is 207 Å². The minimum Gasteiger partial charge on any atom is -0.387 e. The van der Waals surface area contributed by atoms with Crippen LogP contribution >= 0.6 is 15.2 Å². The Bertz CT molecular complexity index is 1230. The Morgan fingerprint density at radius 1 is 1.26 bits per heavy atom. The quantitative estimate of drug-likeness (QED) is 0.269. The molecule has 0 spiro atoms. The highest BCUT2D eigenvalue weighted by atomic mass is 31.2. The van der Waals surface area contributed by atoms with E-state index < -0.39 is 52.2 Å². The number of hydrogen-bond acceptors (Lipinski definition) is 9. The van der Waals surface area contributed by atoms with Crippen molar-refractivity contribution in [3.05, 3.63) is 23.5 Å². The Hall–Kier alpha value is -1.84. The molecular weight excluding hydrogens is 502 g/mol. The monoisotopic (exact) mass is 530 g/mol. The van der Waals surface area contributed by atoms with Crippen LogP contribution < -0.4 is 5.32 Å². The van der Waals surface area contributed by atoms with E-state index in [0.29, 0.717) is 28.0 Å². The molecule has 0 amide bonds. The Morgan fingerprint density at radius 2 is 1.94 bits per heavy atom.